The van der Waals surface area contributed by atoms with E-state index in [-0.39, 0.29) is 12.6 Å². The molecule has 2 aromatic rings. The molecule has 2 rings (SSSR count). The van der Waals surface area contributed by atoms with Crippen LogP contribution in [0.5, 0.6) is 0 Å². The summed E-state index contributed by atoms with van der Waals surface area (Å²) in [6, 6.07) is 12.8. The second kappa shape index (κ2) is 8.94. The van der Waals surface area contributed by atoms with Crippen molar-refractivity contribution >= 4 is 17.5 Å². The molecule has 0 saturated carbocycles. The maximum absolute atomic E-state index is 13.1. The van der Waals surface area contributed by atoms with Gasteiger partial charge in [0, 0.05) is 12.3 Å². The summed E-state index contributed by atoms with van der Waals surface area (Å²) < 4.78 is 13.1. The molecular weight excluding hydrogens is 323 g/mol. The van der Waals surface area contributed by atoms with Crippen molar-refractivity contribution in [3.63, 3.8) is 0 Å². The van der Waals surface area contributed by atoms with Gasteiger partial charge < -0.3 is 15.7 Å². The number of carbonyl (C=O) groups is 2. The average molecular weight is 344 g/mol. The Balaban J connectivity index is 2.05. The molecule has 2 amide bonds. The summed E-state index contributed by atoms with van der Waals surface area (Å²) in [5, 5.41) is 14.2. The highest BCUT2D eigenvalue weighted by atomic mass is 19.1. The smallest absolute Gasteiger partial charge is 0.313 e. The Morgan fingerprint density at radius 3 is 2.48 bits per heavy atom. The Bertz CT molecular complexity index is 735. The fourth-order valence-electron chi connectivity index (χ4n) is 2.47. The van der Waals surface area contributed by atoms with Crippen LogP contribution >= 0.6 is 0 Å². The van der Waals surface area contributed by atoms with E-state index in [1.807, 2.05) is 30.3 Å². The normalized spacial score (nSPS) is 11.6. The fourth-order valence-corrected chi connectivity index (χ4v) is 2.47. The first kappa shape index (κ1) is 18.6. The third-order valence-corrected chi connectivity index (χ3v) is 3.80. The number of nitrogens with one attached hydrogen (secondary N) is 2. The molecule has 5 nitrogen and oxygen atoms in total. The number of aliphatic hydroxyl groups excluding tert-OH is 1. The Morgan fingerprint density at radius 2 is 1.84 bits per heavy atom. The SMILES string of the molecule is Cc1cc(F)ccc1NC(=O)C(=O)NC(CCCO)c1ccccc1. The summed E-state index contributed by atoms with van der Waals surface area (Å²) >= 11 is 0. The standard InChI is InChI=1S/C19H21FN2O3/c1-13-12-15(20)9-10-16(13)21-18(24)19(25)22-17(8-5-11-23)14-6-3-2-4-7-14/h2-4,6-7,9-10,12,17,23H,5,8,11H2,1H3,(H,21,24)(H,22,25). The van der Waals surface area contributed by atoms with Gasteiger partial charge in [-0.05, 0) is 49.1 Å². The number of carbonyl (C=O) groups excluding carboxylic acids is 2. The van der Waals surface area contributed by atoms with Crippen LogP contribution in [0.2, 0.25) is 0 Å². The van der Waals surface area contributed by atoms with Crippen LogP contribution in [0.1, 0.15) is 30.0 Å². The summed E-state index contributed by atoms with van der Waals surface area (Å²) in [4.78, 5) is 24.3. The number of anilines is 1. The lowest BCUT2D eigenvalue weighted by molar-refractivity contribution is -0.136. The highest BCUT2D eigenvalue weighted by Crippen LogP contribution is 2.19. The zero-order valence-corrected chi connectivity index (χ0v) is 14.0. The van der Waals surface area contributed by atoms with Crippen molar-refractivity contribution in [2.45, 2.75) is 25.8 Å². The minimum atomic E-state index is -0.820. The zero-order chi connectivity index (χ0) is 18.2. The number of rotatable bonds is 6. The number of amides is 2. The van der Waals surface area contributed by atoms with Gasteiger partial charge in [-0.1, -0.05) is 30.3 Å². The Hall–Kier alpha value is -2.73. The van der Waals surface area contributed by atoms with E-state index in [9.17, 15) is 14.0 Å². The van der Waals surface area contributed by atoms with E-state index in [4.69, 9.17) is 5.11 Å². The lowest BCUT2D eigenvalue weighted by Crippen LogP contribution is -2.38. The predicted octanol–water partition coefficient (Wildman–Crippen LogP) is 2.70. The van der Waals surface area contributed by atoms with Crippen LogP contribution in [0, 0.1) is 12.7 Å². The van der Waals surface area contributed by atoms with E-state index in [0.717, 1.165) is 5.56 Å². The predicted molar refractivity (Wildman–Crippen MR) is 93.4 cm³/mol. The molecule has 2 aromatic carbocycles. The Morgan fingerprint density at radius 1 is 1.12 bits per heavy atom. The van der Waals surface area contributed by atoms with Crippen molar-refractivity contribution in [1.29, 1.82) is 0 Å². The molecule has 6 heteroatoms. The number of hydrogen-bond acceptors (Lipinski definition) is 3. The van der Waals surface area contributed by atoms with Gasteiger partial charge in [-0.3, -0.25) is 9.59 Å². The molecule has 3 N–H and O–H groups in total. The van der Waals surface area contributed by atoms with Crippen molar-refractivity contribution in [3.05, 3.63) is 65.5 Å². The van der Waals surface area contributed by atoms with Gasteiger partial charge in [-0.15, -0.1) is 0 Å². The number of aliphatic hydroxyl groups is 1. The number of halogens is 1. The highest BCUT2D eigenvalue weighted by Gasteiger charge is 2.20. The summed E-state index contributed by atoms with van der Waals surface area (Å²) in [6.45, 7) is 1.64. The number of benzene rings is 2. The third-order valence-electron chi connectivity index (χ3n) is 3.80. The monoisotopic (exact) mass is 344 g/mol. The first-order valence-electron chi connectivity index (χ1n) is 8.05. The molecule has 0 spiro atoms. The molecular formula is C19H21FN2O3. The van der Waals surface area contributed by atoms with E-state index in [1.54, 1.807) is 6.92 Å². The Labute approximate surface area is 145 Å². The molecule has 0 aromatic heterocycles. The number of hydrogen-bond donors (Lipinski definition) is 3. The minimum Gasteiger partial charge on any atom is -0.396 e. The first-order chi connectivity index (χ1) is 12.0. The summed E-state index contributed by atoms with van der Waals surface area (Å²) in [6.07, 6.45) is 1.01. The van der Waals surface area contributed by atoms with Crippen molar-refractivity contribution in [2.24, 2.45) is 0 Å². The lowest BCUT2D eigenvalue weighted by Gasteiger charge is -2.19. The van der Waals surface area contributed by atoms with Crippen molar-refractivity contribution < 1.29 is 19.1 Å². The fraction of sp³-hybridized carbons (Fsp3) is 0.263. The van der Waals surface area contributed by atoms with Crippen molar-refractivity contribution in [1.82, 2.24) is 5.32 Å². The first-order valence-corrected chi connectivity index (χ1v) is 8.05. The van der Waals surface area contributed by atoms with E-state index in [0.29, 0.717) is 24.1 Å². The quantitative estimate of drug-likeness (QED) is 0.705. The molecule has 0 fully saturated rings. The van der Waals surface area contributed by atoms with Crippen LogP contribution in [0.3, 0.4) is 0 Å². The molecule has 1 atom stereocenters. The van der Waals surface area contributed by atoms with Gasteiger partial charge in [-0.25, -0.2) is 4.39 Å². The zero-order valence-electron chi connectivity index (χ0n) is 14.0. The molecule has 25 heavy (non-hydrogen) atoms. The van der Waals surface area contributed by atoms with Crippen LogP contribution in [0.25, 0.3) is 0 Å². The largest absolute Gasteiger partial charge is 0.396 e. The molecule has 0 bridgehead atoms. The molecule has 0 aliphatic heterocycles. The third kappa shape index (κ3) is 5.39. The van der Waals surface area contributed by atoms with E-state index in [2.05, 4.69) is 10.6 Å². The van der Waals surface area contributed by atoms with Crippen LogP contribution in [0.4, 0.5) is 10.1 Å². The maximum Gasteiger partial charge on any atom is 0.313 e. The van der Waals surface area contributed by atoms with Gasteiger partial charge in [0.1, 0.15) is 5.82 Å². The maximum atomic E-state index is 13.1. The Kier molecular flexibility index (Phi) is 6.65. The summed E-state index contributed by atoms with van der Waals surface area (Å²) in [5.41, 5.74) is 1.77. The van der Waals surface area contributed by atoms with Gasteiger partial charge in [-0.2, -0.15) is 0 Å². The molecule has 1 unspecified atom stereocenters. The second-order valence-electron chi connectivity index (χ2n) is 5.72. The molecule has 0 aliphatic carbocycles. The van der Waals surface area contributed by atoms with Crippen molar-refractivity contribution in [3.8, 4) is 0 Å². The minimum absolute atomic E-state index is 0.000173. The van der Waals surface area contributed by atoms with Crippen LogP contribution in [-0.2, 0) is 9.59 Å². The second-order valence-corrected chi connectivity index (χ2v) is 5.72. The van der Waals surface area contributed by atoms with Gasteiger partial charge in [0.15, 0.2) is 0 Å². The van der Waals surface area contributed by atoms with Crippen LogP contribution in [0.15, 0.2) is 48.5 Å². The van der Waals surface area contributed by atoms with Gasteiger partial charge >= 0.3 is 11.8 Å². The molecule has 0 radical (unpaired) electrons. The van der Waals surface area contributed by atoms with E-state index in [1.165, 1.54) is 18.2 Å². The average Bonchev–Trinajstić information content (AvgIpc) is 2.61. The molecule has 0 heterocycles. The van der Waals surface area contributed by atoms with Crippen LogP contribution in [-0.4, -0.2) is 23.5 Å². The molecule has 0 aliphatic rings. The lowest BCUT2D eigenvalue weighted by atomic mass is 10.0. The summed E-state index contributed by atoms with van der Waals surface area (Å²) in [5.74, 6) is -2.01. The summed E-state index contributed by atoms with van der Waals surface area (Å²) in [7, 11) is 0. The molecule has 132 valence electrons. The highest BCUT2D eigenvalue weighted by molar-refractivity contribution is 6.39. The molecule has 0 saturated heterocycles. The van der Waals surface area contributed by atoms with Crippen LogP contribution < -0.4 is 10.6 Å². The topological polar surface area (TPSA) is 78.4 Å². The van der Waals surface area contributed by atoms with Gasteiger partial charge in [0.2, 0.25) is 0 Å². The van der Waals surface area contributed by atoms with E-state index >= 15 is 0 Å². The van der Waals surface area contributed by atoms with Gasteiger partial charge in [0.05, 0.1) is 6.04 Å². The number of aryl methyl sites for hydroxylation is 1. The van der Waals surface area contributed by atoms with Crippen molar-refractivity contribution in [2.75, 3.05) is 11.9 Å². The van der Waals surface area contributed by atoms with E-state index < -0.39 is 17.6 Å². The van der Waals surface area contributed by atoms with Gasteiger partial charge in [0.25, 0.3) is 0 Å².